The summed E-state index contributed by atoms with van der Waals surface area (Å²) in [6.45, 7) is 4.79. The van der Waals surface area contributed by atoms with Gasteiger partial charge in [-0.25, -0.2) is 4.79 Å². The lowest BCUT2D eigenvalue weighted by Crippen LogP contribution is -2.59. The molecule has 6 rings (SSSR count). The lowest BCUT2D eigenvalue weighted by atomic mass is 10.0. The number of aromatic nitrogens is 3. The summed E-state index contributed by atoms with van der Waals surface area (Å²) in [4.78, 5) is 24.3. The Kier molecular flexibility index (Phi) is 6.73. The standard InChI is InChI=1S/C27H39N9O2/c1-34(2)19-15-35(16-19)25(28)20-13-30-22(11-21(20)29-12-18-5-10-38-17-18)24-23(14-31-33-24)32-26(37)36-9-4-3-6-27(36)7-8-27/h11,13-14,18-19,28H,3-10,12,15-17H2,1-2H3,(H,29,30)(H,31,33)(H,32,37). The number of carbonyl (C=O) groups excluding carboxylic acids is 1. The maximum Gasteiger partial charge on any atom is 0.322 e. The number of likely N-dealkylation sites (tertiary alicyclic amines) is 2. The molecular formula is C27H39N9O2. The Balaban J connectivity index is 1.22. The second-order valence-electron chi connectivity index (χ2n) is 11.5. The average Bonchev–Trinajstić information content (AvgIpc) is 3.26. The molecule has 1 spiro atoms. The van der Waals surface area contributed by atoms with Crippen molar-refractivity contribution < 1.29 is 9.53 Å². The van der Waals surface area contributed by atoms with E-state index in [9.17, 15) is 4.79 Å². The number of ether oxygens (including phenoxy) is 1. The summed E-state index contributed by atoms with van der Waals surface area (Å²) in [7, 11) is 4.16. The van der Waals surface area contributed by atoms with E-state index in [-0.39, 0.29) is 11.6 Å². The quantitative estimate of drug-likeness (QED) is 0.326. The third-order valence-electron chi connectivity index (χ3n) is 8.73. The lowest BCUT2D eigenvalue weighted by molar-refractivity contribution is 0.124. The largest absolute Gasteiger partial charge is 0.384 e. The summed E-state index contributed by atoms with van der Waals surface area (Å²) in [5.41, 5.74) is 3.67. The number of H-pyrrole nitrogens is 1. The number of rotatable bonds is 7. The number of hydrogen-bond donors (Lipinski definition) is 4. The van der Waals surface area contributed by atoms with Gasteiger partial charge in [0.15, 0.2) is 0 Å². The van der Waals surface area contributed by atoms with E-state index in [2.05, 4.69) is 44.7 Å². The predicted octanol–water partition coefficient (Wildman–Crippen LogP) is 3.04. The van der Waals surface area contributed by atoms with Gasteiger partial charge in [-0.2, -0.15) is 5.10 Å². The molecule has 4 aliphatic rings. The summed E-state index contributed by atoms with van der Waals surface area (Å²) in [5, 5.41) is 22.9. The van der Waals surface area contributed by atoms with Crippen LogP contribution in [0.5, 0.6) is 0 Å². The third-order valence-corrected chi connectivity index (χ3v) is 8.73. The lowest BCUT2D eigenvalue weighted by Gasteiger charge is -2.44. The molecule has 2 amide bonds. The van der Waals surface area contributed by atoms with E-state index in [0.29, 0.717) is 34.9 Å². The minimum Gasteiger partial charge on any atom is -0.384 e. The van der Waals surface area contributed by atoms with Gasteiger partial charge in [0, 0.05) is 62.2 Å². The van der Waals surface area contributed by atoms with Crippen molar-refractivity contribution in [2.24, 2.45) is 5.92 Å². The number of carbonyl (C=O) groups is 1. The molecular weight excluding hydrogens is 482 g/mol. The molecule has 1 atom stereocenters. The molecule has 2 aromatic heterocycles. The number of piperidine rings is 1. The number of urea groups is 1. The van der Waals surface area contributed by atoms with Crippen LogP contribution in [0.2, 0.25) is 0 Å². The molecule has 0 radical (unpaired) electrons. The van der Waals surface area contributed by atoms with E-state index in [4.69, 9.17) is 15.1 Å². The number of likely N-dealkylation sites (N-methyl/N-ethyl adjacent to an activating group) is 1. The maximum absolute atomic E-state index is 13.2. The number of hydrogen-bond acceptors (Lipinski definition) is 7. The molecule has 4 fully saturated rings. The van der Waals surface area contributed by atoms with Crippen LogP contribution in [-0.2, 0) is 4.74 Å². The highest BCUT2D eigenvalue weighted by Gasteiger charge is 2.51. The second-order valence-corrected chi connectivity index (χ2v) is 11.5. The molecule has 204 valence electrons. The van der Waals surface area contributed by atoms with Crippen LogP contribution in [0.3, 0.4) is 0 Å². The smallest absolute Gasteiger partial charge is 0.322 e. The van der Waals surface area contributed by atoms with E-state index in [0.717, 1.165) is 82.7 Å². The fourth-order valence-corrected chi connectivity index (χ4v) is 5.90. The number of anilines is 2. The fourth-order valence-electron chi connectivity index (χ4n) is 5.90. The molecule has 1 aliphatic carbocycles. The van der Waals surface area contributed by atoms with Crippen LogP contribution in [0.1, 0.15) is 44.1 Å². The van der Waals surface area contributed by atoms with Crippen molar-refractivity contribution in [2.75, 3.05) is 64.1 Å². The molecule has 5 heterocycles. The molecule has 38 heavy (non-hydrogen) atoms. The molecule has 1 saturated carbocycles. The Labute approximate surface area is 223 Å². The van der Waals surface area contributed by atoms with Crippen molar-refractivity contribution >= 4 is 23.2 Å². The summed E-state index contributed by atoms with van der Waals surface area (Å²) in [6, 6.07) is 2.37. The molecule has 11 heteroatoms. The van der Waals surface area contributed by atoms with Crippen LogP contribution in [0.15, 0.2) is 18.5 Å². The Hall–Kier alpha value is -3.18. The van der Waals surface area contributed by atoms with Gasteiger partial charge in [-0.05, 0) is 58.7 Å². The van der Waals surface area contributed by atoms with Gasteiger partial charge >= 0.3 is 6.03 Å². The first-order valence-electron chi connectivity index (χ1n) is 13.9. The van der Waals surface area contributed by atoms with Crippen LogP contribution in [0.25, 0.3) is 11.4 Å². The molecule has 3 saturated heterocycles. The highest BCUT2D eigenvalue weighted by Crippen LogP contribution is 2.48. The predicted molar refractivity (Wildman–Crippen MR) is 147 cm³/mol. The second kappa shape index (κ2) is 10.2. The normalized spacial score (nSPS) is 22.6. The third kappa shape index (κ3) is 4.84. The van der Waals surface area contributed by atoms with E-state index in [1.54, 1.807) is 12.4 Å². The van der Waals surface area contributed by atoms with E-state index >= 15 is 0 Å². The molecule has 2 aromatic rings. The minimum atomic E-state index is -0.0592. The first-order valence-corrected chi connectivity index (χ1v) is 13.9. The van der Waals surface area contributed by atoms with Crippen molar-refractivity contribution in [3.05, 3.63) is 24.0 Å². The van der Waals surface area contributed by atoms with E-state index in [1.165, 1.54) is 6.42 Å². The molecule has 3 aliphatic heterocycles. The van der Waals surface area contributed by atoms with E-state index in [1.807, 2.05) is 11.0 Å². The SMILES string of the molecule is CN(C)C1CN(C(=N)c2cnc(-c3[nH]ncc3NC(=O)N3CCCCC34CC4)cc2NCC2CCOC2)C1. The zero-order valence-corrected chi connectivity index (χ0v) is 22.4. The fraction of sp³-hybridized carbons (Fsp3) is 0.630. The van der Waals surface area contributed by atoms with Crippen LogP contribution >= 0.6 is 0 Å². The summed E-state index contributed by atoms with van der Waals surface area (Å²) in [5.74, 6) is 0.919. The van der Waals surface area contributed by atoms with Gasteiger partial charge in [-0.1, -0.05) is 0 Å². The Bertz CT molecular complexity index is 1180. The van der Waals surface area contributed by atoms with Crippen molar-refractivity contribution in [2.45, 2.75) is 50.1 Å². The van der Waals surface area contributed by atoms with Gasteiger partial charge in [-0.3, -0.25) is 15.5 Å². The highest BCUT2D eigenvalue weighted by molar-refractivity contribution is 6.02. The van der Waals surface area contributed by atoms with Gasteiger partial charge in [-0.15, -0.1) is 0 Å². The van der Waals surface area contributed by atoms with E-state index < -0.39 is 0 Å². The molecule has 0 bridgehead atoms. The Morgan fingerprint density at radius 3 is 2.82 bits per heavy atom. The molecule has 4 N–H and O–H groups in total. The number of amides is 2. The van der Waals surface area contributed by atoms with Gasteiger partial charge < -0.3 is 30.1 Å². The van der Waals surface area contributed by atoms with Crippen molar-refractivity contribution in [3.8, 4) is 11.4 Å². The molecule has 0 aromatic carbocycles. The van der Waals surface area contributed by atoms with Crippen molar-refractivity contribution in [1.82, 2.24) is 29.9 Å². The topological polar surface area (TPSA) is 126 Å². The van der Waals surface area contributed by atoms with Gasteiger partial charge in [0.2, 0.25) is 0 Å². The number of nitrogens with one attached hydrogen (secondary N) is 4. The van der Waals surface area contributed by atoms with Crippen LogP contribution in [0.4, 0.5) is 16.2 Å². The first-order chi connectivity index (χ1) is 18.4. The number of pyridine rings is 1. The summed E-state index contributed by atoms with van der Waals surface area (Å²) < 4.78 is 5.56. The number of amidine groups is 1. The van der Waals surface area contributed by atoms with Crippen molar-refractivity contribution in [3.63, 3.8) is 0 Å². The Morgan fingerprint density at radius 2 is 2.08 bits per heavy atom. The average molecular weight is 522 g/mol. The monoisotopic (exact) mass is 521 g/mol. The minimum absolute atomic E-state index is 0.0592. The van der Waals surface area contributed by atoms with Crippen LogP contribution in [0, 0.1) is 11.3 Å². The van der Waals surface area contributed by atoms with Crippen molar-refractivity contribution in [1.29, 1.82) is 5.41 Å². The highest BCUT2D eigenvalue weighted by atomic mass is 16.5. The van der Waals surface area contributed by atoms with Crippen LogP contribution in [-0.4, -0.2) is 107 Å². The Morgan fingerprint density at radius 1 is 1.24 bits per heavy atom. The zero-order chi connectivity index (χ0) is 26.3. The molecule has 1 unspecified atom stereocenters. The van der Waals surface area contributed by atoms with Gasteiger partial charge in [0.25, 0.3) is 0 Å². The zero-order valence-electron chi connectivity index (χ0n) is 22.4. The number of aromatic amines is 1. The first kappa shape index (κ1) is 25.1. The van der Waals surface area contributed by atoms with Crippen LogP contribution < -0.4 is 10.6 Å². The maximum atomic E-state index is 13.2. The molecule has 11 nitrogen and oxygen atoms in total. The summed E-state index contributed by atoms with van der Waals surface area (Å²) >= 11 is 0. The van der Waals surface area contributed by atoms with Gasteiger partial charge in [0.1, 0.15) is 11.5 Å². The van der Waals surface area contributed by atoms with Gasteiger partial charge in [0.05, 0.1) is 29.7 Å². The number of nitrogens with zero attached hydrogens (tertiary/aromatic N) is 5. The summed E-state index contributed by atoms with van der Waals surface area (Å²) in [6.07, 6.45) is 9.99.